The lowest BCUT2D eigenvalue weighted by atomic mass is 10.2. The van der Waals surface area contributed by atoms with Crippen LogP contribution in [0.4, 0.5) is 0 Å². The first-order valence-electron chi connectivity index (χ1n) is 5.84. The highest BCUT2D eigenvalue weighted by atomic mass is 32.1. The molecule has 1 N–H and O–H groups in total. The highest BCUT2D eigenvalue weighted by Crippen LogP contribution is 2.22. The monoisotopic (exact) mass is 281 g/mol. The van der Waals surface area contributed by atoms with Crippen molar-refractivity contribution in [2.45, 2.75) is 13.5 Å². The Kier molecular flexibility index (Phi) is 4.28. The van der Waals surface area contributed by atoms with Crippen molar-refractivity contribution in [3.63, 3.8) is 0 Å². The minimum absolute atomic E-state index is 0.423. The van der Waals surface area contributed by atoms with Crippen molar-refractivity contribution in [1.82, 2.24) is 15.0 Å². The van der Waals surface area contributed by atoms with Gasteiger partial charge in [0.25, 0.3) is 5.89 Å². The van der Waals surface area contributed by atoms with Gasteiger partial charge < -0.3 is 9.63 Å². The third-order valence-corrected chi connectivity index (χ3v) is 3.48. The van der Waals surface area contributed by atoms with E-state index < -0.39 is 11.9 Å². The minimum Gasteiger partial charge on any atom is -0.481 e. The topological polar surface area (TPSA) is 79.5 Å². The van der Waals surface area contributed by atoms with Gasteiger partial charge in [-0.1, -0.05) is 18.1 Å². The molecule has 6 nitrogen and oxygen atoms in total. The zero-order valence-electron chi connectivity index (χ0n) is 10.7. The molecule has 0 spiro atoms. The van der Waals surface area contributed by atoms with Crippen LogP contribution in [0.1, 0.15) is 12.7 Å². The molecular formula is C12H15N3O3S. The smallest absolute Gasteiger partial charge is 0.307 e. The summed E-state index contributed by atoms with van der Waals surface area (Å²) in [5, 5.41) is 14.7. The molecule has 1 atom stereocenters. The largest absolute Gasteiger partial charge is 0.481 e. The van der Waals surface area contributed by atoms with Crippen LogP contribution in [0.2, 0.25) is 0 Å². The van der Waals surface area contributed by atoms with E-state index in [1.165, 1.54) is 11.3 Å². The number of carboxylic acids is 1. The van der Waals surface area contributed by atoms with Gasteiger partial charge in [-0.15, -0.1) is 11.3 Å². The molecule has 0 aliphatic carbocycles. The fourth-order valence-electron chi connectivity index (χ4n) is 1.67. The van der Waals surface area contributed by atoms with Crippen molar-refractivity contribution in [2.24, 2.45) is 5.92 Å². The third kappa shape index (κ3) is 3.62. The molecule has 0 bridgehead atoms. The molecule has 0 radical (unpaired) electrons. The molecule has 0 fully saturated rings. The molecule has 7 heteroatoms. The molecule has 0 amide bonds. The summed E-state index contributed by atoms with van der Waals surface area (Å²) in [6.07, 6.45) is 0. The number of carboxylic acid groups (broad SMARTS) is 1. The average molecular weight is 281 g/mol. The first-order chi connectivity index (χ1) is 9.06. The SMILES string of the molecule is CC(CN(C)Cc1noc(-c2cccs2)n1)C(=O)O. The number of carbonyl (C=O) groups is 1. The van der Waals surface area contributed by atoms with E-state index in [0.717, 1.165) is 4.88 Å². The Balaban J connectivity index is 1.95. The van der Waals surface area contributed by atoms with Crippen molar-refractivity contribution in [3.05, 3.63) is 23.3 Å². The van der Waals surface area contributed by atoms with Gasteiger partial charge in [-0.2, -0.15) is 4.98 Å². The lowest BCUT2D eigenvalue weighted by Gasteiger charge is -2.16. The van der Waals surface area contributed by atoms with Crippen LogP contribution in [-0.2, 0) is 11.3 Å². The highest BCUT2D eigenvalue weighted by molar-refractivity contribution is 7.13. The van der Waals surface area contributed by atoms with Crippen LogP contribution in [0, 0.1) is 5.92 Å². The summed E-state index contributed by atoms with van der Waals surface area (Å²) in [5.74, 6) is -0.166. The van der Waals surface area contributed by atoms with E-state index in [9.17, 15) is 4.79 Å². The molecule has 2 rings (SSSR count). The van der Waals surface area contributed by atoms with E-state index in [-0.39, 0.29) is 0 Å². The molecule has 1 unspecified atom stereocenters. The van der Waals surface area contributed by atoms with Gasteiger partial charge in [0.05, 0.1) is 17.3 Å². The van der Waals surface area contributed by atoms with Crippen LogP contribution < -0.4 is 0 Å². The van der Waals surface area contributed by atoms with E-state index in [1.807, 2.05) is 29.5 Å². The van der Waals surface area contributed by atoms with Crippen molar-refractivity contribution in [1.29, 1.82) is 0 Å². The van der Waals surface area contributed by atoms with Crippen LogP contribution >= 0.6 is 11.3 Å². The minimum atomic E-state index is -0.806. The zero-order valence-corrected chi connectivity index (χ0v) is 11.6. The summed E-state index contributed by atoms with van der Waals surface area (Å²) < 4.78 is 5.17. The molecule has 0 aliphatic rings. The Bertz CT molecular complexity index is 538. The predicted octanol–water partition coefficient (Wildman–Crippen LogP) is 1.95. The Morgan fingerprint density at radius 1 is 1.63 bits per heavy atom. The van der Waals surface area contributed by atoms with E-state index >= 15 is 0 Å². The second-order valence-corrected chi connectivity index (χ2v) is 5.38. The van der Waals surface area contributed by atoms with Gasteiger partial charge in [0.15, 0.2) is 5.82 Å². The Morgan fingerprint density at radius 2 is 2.42 bits per heavy atom. The van der Waals surface area contributed by atoms with Gasteiger partial charge in [-0.3, -0.25) is 9.69 Å². The molecule has 0 saturated heterocycles. The fourth-order valence-corrected chi connectivity index (χ4v) is 2.31. The van der Waals surface area contributed by atoms with Crippen LogP contribution in [0.5, 0.6) is 0 Å². The number of aliphatic carboxylic acids is 1. The van der Waals surface area contributed by atoms with Crippen LogP contribution in [-0.4, -0.2) is 39.7 Å². The predicted molar refractivity (Wildman–Crippen MR) is 70.7 cm³/mol. The lowest BCUT2D eigenvalue weighted by molar-refractivity contribution is -0.141. The summed E-state index contributed by atoms with van der Waals surface area (Å²) in [6, 6.07) is 3.84. The summed E-state index contributed by atoms with van der Waals surface area (Å²) in [4.78, 5) is 17.9. The zero-order chi connectivity index (χ0) is 13.8. The maximum Gasteiger partial charge on any atom is 0.307 e. The van der Waals surface area contributed by atoms with E-state index in [0.29, 0.717) is 24.8 Å². The number of rotatable bonds is 6. The highest BCUT2D eigenvalue weighted by Gasteiger charge is 2.16. The molecule has 0 aromatic carbocycles. The number of hydrogen-bond donors (Lipinski definition) is 1. The molecule has 19 heavy (non-hydrogen) atoms. The van der Waals surface area contributed by atoms with Crippen molar-refractivity contribution in [3.8, 4) is 10.8 Å². The van der Waals surface area contributed by atoms with Crippen LogP contribution in [0.15, 0.2) is 22.0 Å². The molecule has 102 valence electrons. The first kappa shape index (κ1) is 13.7. The maximum absolute atomic E-state index is 10.8. The summed E-state index contributed by atoms with van der Waals surface area (Å²) in [5.41, 5.74) is 0. The number of nitrogens with zero attached hydrogens (tertiary/aromatic N) is 3. The van der Waals surface area contributed by atoms with Crippen LogP contribution in [0.3, 0.4) is 0 Å². The van der Waals surface area contributed by atoms with Crippen LogP contribution in [0.25, 0.3) is 10.8 Å². The number of hydrogen-bond acceptors (Lipinski definition) is 6. The Labute approximate surface area is 114 Å². The fraction of sp³-hybridized carbons (Fsp3) is 0.417. The van der Waals surface area contributed by atoms with Gasteiger partial charge in [0.1, 0.15) is 0 Å². The van der Waals surface area contributed by atoms with E-state index in [4.69, 9.17) is 9.63 Å². The second kappa shape index (κ2) is 5.94. The summed E-state index contributed by atoms with van der Waals surface area (Å²) in [6.45, 7) is 2.58. The van der Waals surface area contributed by atoms with Crippen molar-refractivity contribution >= 4 is 17.3 Å². The summed E-state index contributed by atoms with van der Waals surface area (Å²) >= 11 is 1.54. The van der Waals surface area contributed by atoms with Gasteiger partial charge in [-0.05, 0) is 18.5 Å². The molecule has 2 aromatic heterocycles. The number of aromatic nitrogens is 2. The van der Waals surface area contributed by atoms with Gasteiger partial charge in [-0.25, -0.2) is 0 Å². The maximum atomic E-state index is 10.8. The molecule has 2 heterocycles. The van der Waals surface area contributed by atoms with Gasteiger partial charge >= 0.3 is 5.97 Å². The third-order valence-electron chi connectivity index (χ3n) is 2.62. The lowest BCUT2D eigenvalue weighted by Crippen LogP contribution is -2.28. The van der Waals surface area contributed by atoms with Gasteiger partial charge in [0.2, 0.25) is 0 Å². The Morgan fingerprint density at radius 3 is 3.05 bits per heavy atom. The van der Waals surface area contributed by atoms with E-state index in [2.05, 4.69) is 10.1 Å². The quantitative estimate of drug-likeness (QED) is 0.871. The van der Waals surface area contributed by atoms with Crippen molar-refractivity contribution in [2.75, 3.05) is 13.6 Å². The molecule has 0 saturated carbocycles. The second-order valence-electron chi connectivity index (χ2n) is 4.43. The molecule has 2 aromatic rings. The standard InChI is InChI=1S/C12H15N3O3S/c1-8(12(16)17)6-15(2)7-10-13-11(18-14-10)9-4-3-5-19-9/h3-5,8H,6-7H2,1-2H3,(H,16,17). The van der Waals surface area contributed by atoms with Crippen molar-refractivity contribution < 1.29 is 14.4 Å². The Hall–Kier alpha value is -1.73. The molecule has 0 aliphatic heterocycles. The normalized spacial score (nSPS) is 12.8. The number of thiophene rings is 1. The first-order valence-corrected chi connectivity index (χ1v) is 6.72. The van der Waals surface area contributed by atoms with Gasteiger partial charge in [0, 0.05) is 6.54 Å². The average Bonchev–Trinajstić information content (AvgIpc) is 2.97. The summed E-state index contributed by atoms with van der Waals surface area (Å²) in [7, 11) is 1.83. The van der Waals surface area contributed by atoms with E-state index in [1.54, 1.807) is 6.92 Å². The molecular weight excluding hydrogens is 266 g/mol.